The SMILES string of the molecule is O=c1c(=NNc2ccccc2)c(=O)n(-c2ccccc2)c2ccccc2n1CCN1CCCCCC1. The molecule has 0 atom stereocenters. The van der Waals surface area contributed by atoms with Gasteiger partial charge in [-0.3, -0.25) is 19.6 Å². The molecule has 4 aromatic rings. The summed E-state index contributed by atoms with van der Waals surface area (Å²) in [6.45, 7) is 3.31. The van der Waals surface area contributed by atoms with Crippen molar-refractivity contribution in [2.75, 3.05) is 25.1 Å². The van der Waals surface area contributed by atoms with Gasteiger partial charge in [-0.2, -0.15) is 5.10 Å². The molecular weight excluding hydrogens is 450 g/mol. The fraction of sp³-hybridized carbons (Fsp3) is 0.276. The van der Waals surface area contributed by atoms with E-state index in [2.05, 4.69) is 15.4 Å². The molecule has 184 valence electrons. The van der Waals surface area contributed by atoms with Gasteiger partial charge >= 0.3 is 0 Å². The summed E-state index contributed by atoms with van der Waals surface area (Å²) >= 11 is 0. The largest absolute Gasteiger partial charge is 0.303 e. The van der Waals surface area contributed by atoms with Crippen LogP contribution in [0.25, 0.3) is 16.7 Å². The summed E-state index contributed by atoms with van der Waals surface area (Å²) in [5.74, 6) is 0. The first-order valence-electron chi connectivity index (χ1n) is 12.6. The molecule has 7 nitrogen and oxygen atoms in total. The quantitative estimate of drug-likeness (QED) is 0.423. The van der Waals surface area contributed by atoms with Crippen LogP contribution in [0.3, 0.4) is 0 Å². The van der Waals surface area contributed by atoms with Gasteiger partial charge in [0.05, 0.1) is 16.7 Å². The second kappa shape index (κ2) is 11.2. The number of hydrogen-bond acceptors (Lipinski definition) is 5. The van der Waals surface area contributed by atoms with E-state index in [1.807, 2.05) is 84.9 Å². The van der Waals surface area contributed by atoms with Gasteiger partial charge in [0.1, 0.15) is 0 Å². The predicted molar refractivity (Wildman–Crippen MR) is 144 cm³/mol. The van der Waals surface area contributed by atoms with E-state index < -0.39 is 11.1 Å². The van der Waals surface area contributed by atoms with E-state index in [4.69, 9.17) is 0 Å². The standard InChI is InChI=1S/C29H31N5O2/c35-28-27(31-30-23-13-5-3-6-14-23)29(36)34(24-15-7-4-8-16-24)26-18-10-9-17-25(26)33(28)22-21-32-19-11-1-2-12-20-32/h3-10,13-18,30H,1-2,11-12,19-22H2. The smallest absolute Gasteiger partial charge is 0.289 e. The number of fused-ring (bicyclic) bond motifs is 1. The molecule has 0 bridgehead atoms. The molecule has 3 aromatic carbocycles. The van der Waals surface area contributed by atoms with Gasteiger partial charge in [-0.15, -0.1) is 0 Å². The molecule has 0 unspecified atom stereocenters. The van der Waals surface area contributed by atoms with Crippen LogP contribution in [0.1, 0.15) is 25.7 Å². The van der Waals surface area contributed by atoms with Crippen LogP contribution in [0.2, 0.25) is 0 Å². The van der Waals surface area contributed by atoms with Crippen molar-refractivity contribution >= 4 is 16.7 Å². The highest BCUT2D eigenvalue weighted by molar-refractivity contribution is 5.76. The van der Waals surface area contributed by atoms with Gasteiger partial charge in [-0.1, -0.05) is 61.4 Å². The van der Waals surface area contributed by atoms with Crippen molar-refractivity contribution in [3.05, 3.63) is 111 Å². The number of para-hydroxylation sites is 4. The Balaban J connectivity index is 1.73. The number of rotatable bonds is 6. The third kappa shape index (κ3) is 5.16. The first-order chi connectivity index (χ1) is 17.7. The van der Waals surface area contributed by atoms with Crippen LogP contribution in [0.15, 0.2) is 99.6 Å². The van der Waals surface area contributed by atoms with E-state index in [1.165, 1.54) is 25.7 Å². The Bertz CT molecular complexity index is 1500. The fourth-order valence-electron chi connectivity index (χ4n) is 4.81. The molecule has 7 heteroatoms. The first-order valence-corrected chi connectivity index (χ1v) is 12.6. The molecule has 0 amide bonds. The highest BCUT2D eigenvalue weighted by atomic mass is 16.1. The number of anilines is 1. The van der Waals surface area contributed by atoms with Gasteiger partial charge < -0.3 is 9.47 Å². The minimum absolute atomic E-state index is 0.144. The maximum Gasteiger partial charge on any atom is 0.289 e. The van der Waals surface area contributed by atoms with E-state index >= 15 is 0 Å². The average Bonchev–Trinajstić information content (AvgIpc) is 3.23. The summed E-state index contributed by atoms with van der Waals surface area (Å²) in [5.41, 5.74) is 4.83. The lowest BCUT2D eigenvalue weighted by Crippen LogP contribution is -2.45. The van der Waals surface area contributed by atoms with Crippen LogP contribution in [0, 0.1) is 0 Å². The highest BCUT2D eigenvalue weighted by Gasteiger charge is 2.15. The number of nitrogens with one attached hydrogen (secondary N) is 1. The van der Waals surface area contributed by atoms with E-state index in [9.17, 15) is 9.59 Å². The Morgan fingerprint density at radius 2 is 1.28 bits per heavy atom. The van der Waals surface area contributed by atoms with E-state index in [0.29, 0.717) is 29.0 Å². The minimum Gasteiger partial charge on any atom is -0.303 e. The minimum atomic E-state index is -0.459. The lowest BCUT2D eigenvalue weighted by Gasteiger charge is -2.20. The zero-order valence-electron chi connectivity index (χ0n) is 20.3. The zero-order valence-corrected chi connectivity index (χ0v) is 20.3. The van der Waals surface area contributed by atoms with E-state index in [-0.39, 0.29) is 5.36 Å². The maximum atomic E-state index is 13.9. The van der Waals surface area contributed by atoms with Crippen LogP contribution < -0.4 is 21.9 Å². The molecule has 1 aliphatic heterocycles. The summed E-state index contributed by atoms with van der Waals surface area (Å²) in [7, 11) is 0. The van der Waals surface area contributed by atoms with Gasteiger partial charge in [-0.05, 0) is 62.3 Å². The molecule has 1 aromatic heterocycles. The van der Waals surface area contributed by atoms with Gasteiger partial charge in [0.2, 0.25) is 5.36 Å². The summed E-state index contributed by atoms with van der Waals surface area (Å²) in [5, 5.41) is 4.22. The molecule has 1 saturated heterocycles. The van der Waals surface area contributed by atoms with E-state index in [1.54, 1.807) is 9.13 Å². The lowest BCUT2D eigenvalue weighted by molar-refractivity contribution is 0.273. The Kier molecular flexibility index (Phi) is 7.38. The molecular formula is C29H31N5O2. The number of hydrogen-bond donors (Lipinski definition) is 1. The van der Waals surface area contributed by atoms with Crippen LogP contribution >= 0.6 is 0 Å². The predicted octanol–water partition coefficient (Wildman–Crippen LogP) is 3.96. The van der Waals surface area contributed by atoms with Crippen molar-refractivity contribution in [2.24, 2.45) is 5.10 Å². The van der Waals surface area contributed by atoms with Gasteiger partial charge in [0.15, 0.2) is 0 Å². The number of aromatic nitrogens is 2. The summed E-state index contributed by atoms with van der Waals surface area (Å²) in [4.78, 5) is 30.3. The highest BCUT2D eigenvalue weighted by Crippen LogP contribution is 2.15. The fourth-order valence-corrected chi connectivity index (χ4v) is 4.81. The first kappa shape index (κ1) is 23.8. The lowest BCUT2D eigenvalue weighted by atomic mass is 10.2. The molecule has 0 aliphatic carbocycles. The third-order valence-electron chi connectivity index (χ3n) is 6.69. The summed E-state index contributed by atoms with van der Waals surface area (Å²) in [6.07, 6.45) is 4.87. The zero-order chi connectivity index (χ0) is 24.7. The molecule has 1 N–H and O–H groups in total. The molecule has 2 heterocycles. The third-order valence-corrected chi connectivity index (χ3v) is 6.69. The number of nitrogens with zero attached hydrogens (tertiary/aromatic N) is 4. The normalized spacial score (nSPS) is 15.1. The number of benzene rings is 3. The van der Waals surface area contributed by atoms with Gasteiger partial charge in [-0.25, -0.2) is 0 Å². The van der Waals surface area contributed by atoms with Crippen molar-refractivity contribution in [1.82, 2.24) is 14.0 Å². The summed E-state index contributed by atoms with van der Waals surface area (Å²) in [6, 6.07) is 26.3. The molecule has 0 saturated carbocycles. The monoisotopic (exact) mass is 481 g/mol. The maximum absolute atomic E-state index is 13.9. The molecule has 0 radical (unpaired) electrons. The molecule has 0 spiro atoms. The van der Waals surface area contributed by atoms with Crippen LogP contribution in [-0.4, -0.2) is 33.7 Å². The van der Waals surface area contributed by atoms with Gasteiger partial charge in [0, 0.05) is 18.8 Å². The van der Waals surface area contributed by atoms with Crippen LogP contribution in [0.5, 0.6) is 0 Å². The van der Waals surface area contributed by atoms with Crippen molar-refractivity contribution in [3.63, 3.8) is 0 Å². The molecule has 1 aliphatic rings. The topological polar surface area (TPSA) is 71.6 Å². The Hall–Kier alpha value is -3.97. The Morgan fingerprint density at radius 1 is 0.667 bits per heavy atom. The van der Waals surface area contributed by atoms with Gasteiger partial charge in [0.25, 0.3) is 11.1 Å². The average molecular weight is 482 g/mol. The molecule has 1 fully saturated rings. The van der Waals surface area contributed by atoms with Crippen molar-refractivity contribution in [1.29, 1.82) is 0 Å². The Morgan fingerprint density at radius 3 is 1.97 bits per heavy atom. The second-order valence-corrected chi connectivity index (χ2v) is 9.12. The van der Waals surface area contributed by atoms with Crippen molar-refractivity contribution < 1.29 is 0 Å². The van der Waals surface area contributed by atoms with Crippen LogP contribution in [0.4, 0.5) is 5.69 Å². The summed E-state index contributed by atoms with van der Waals surface area (Å²) < 4.78 is 3.30. The Labute approximate surface area is 210 Å². The second-order valence-electron chi connectivity index (χ2n) is 9.12. The number of likely N-dealkylation sites (tertiary alicyclic amines) is 1. The van der Waals surface area contributed by atoms with E-state index in [0.717, 1.165) is 19.6 Å². The molecule has 5 rings (SSSR count). The molecule has 36 heavy (non-hydrogen) atoms. The van der Waals surface area contributed by atoms with Crippen molar-refractivity contribution in [2.45, 2.75) is 32.2 Å². The van der Waals surface area contributed by atoms with Crippen LogP contribution in [-0.2, 0) is 6.54 Å². The van der Waals surface area contributed by atoms with Crippen molar-refractivity contribution in [3.8, 4) is 5.69 Å².